The zero-order valence-electron chi connectivity index (χ0n) is 18.3. The van der Waals surface area contributed by atoms with Crippen LogP contribution in [0.2, 0.25) is 0 Å². The fourth-order valence-electron chi connectivity index (χ4n) is 3.46. The summed E-state index contributed by atoms with van der Waals surface area (Å²) in [5.41, 5.74) is 1.14. The molecule has 0 radical (unpaired) electrons. The predicted molar refractivity (Wildman–Crippen MR) is 124 cm³/mol. The van der Waals surface area contributed by atoms with E-state index in [-0.39, 0.29) is 0 Å². The van der Waals surface area contributed by atoms with Crippen molar-refractivity contribution in [2.24, 2.45) is 12.0 Å². The van der Waals surface area contributed by atoms with Crippen LogP contribution in [0.3, 0.4) is 0 Å². The van der Waals surface area contributed by atoms with Gasteiger partial charge in [-0.05, 0) is 50.3 Å². The van der Waals surface area contributed by atoms with Gasteiger partial charge >= 0.3 is 0 Å². The van der Waals surface area contributed by atoms with Gasteiger partial charge in [-0.3, -0.25) is 9.88 Å². The van der Waals surface area contributed by atoms with Crippen molar-refractivity contribution in [2.75, 3.05) is 31.6 Å². The molecule has 8 nitrogen and oxygen atoms in total. The highest BCUT2D eigenvalue weighted by Crippen LogP contribution is 2.13. The third-order valence-electron chi connectivity index (χ3n) is 5.42. The van der Waals surface area contributed by atoms with E-state index in [0.717, 1.165) is 74.5 Å². The number of guanidine groups is 1. The van der Waals surface area contributed by atoms with Crippen molar-refractivity contribution in [3.05, 3.63) is 41.7 Å². The van der Waals surface area contributed by atoms with E-state index in [1.54, 1.807) is 0 Å². The van der Waals surface area contributed by atoms with E-state index in [1.165, 1.54) is 0 Å². The normalized spacial score (nSPS) is 16.0. The van der Waals surface area contributed by atoms with E-state index in [1.807, 2.05) is 42.6 Å². The smallest absolute Gasteiger partial charge is 0.191 e. The molecule has 3 heterocycles. The Morgan fingerprint density at radius 1 is 1.27 bits per heavy atom. The molecule has 2 aromatic rings. The largest absolute Gasteiger partial charge is 0.356 e. The second-order valence-corrected chi connectivity index (χ2v) is 8.66. The molecule has 0 bridgehead atoms. The maximum absolute atomic E-state index is 4.79. The summed E-state index contributed by atoms with van der Waals surface area (Å²) in [7, 11) is 1.98. The maximum Gasteiger partial charge on any atom is 0.191 e. The minimum Gasteiger partial charge on any atom is -0.356 e. The molecule has 0 atom stereocenters. The summed E-state index contributed by atoms with van der Waals surface area (Å²) in [5.74, 6) is 3.81. The Kier molecular flexibility index (Phi) is 8.95. The van der Waals surface area contributed by atoms with Crippen molar-refractivity contribution in [1.82, 2.24) is 35.3 Å². The van der Waals surface area contributed by atoms with Crippen molar-refractivity contribution in [1.29, 1.82) is 0 Å². The molecule has 0 saturated carbocycles. The lowest BCUT2D eigenvalue weighted by atomic mass is 10.0. The monoisotopic (exact) mass is 430 g/mol. The van der Waals surface area contributed by atoms with Crippen molar-refractivity contribution in [3.63, 3.8) is 0 Å². The number of hydrogen-bond acceptors (Lipinski definition) is 6. The standard InChI is InChI=1S/C21H34N8S/c1-17-26-27-20(28(17)2)15-24-21(23-11-6-14-30-3)25-18-8-12-29(13-9-18)16-19-7-4-5-10-22-19/h4-5,7,10,18H,6,8-9,11-16H2,1-3H3,(H2,23,24,25). The Morgan fingerprint density at radius 2 is 2.10 bits per heavy atom. The quantitative estimate of drug-likeness (QED) is 0.357. The summed E-state index contributed by atoms with van der Waals surface area (Å²) in [5, 5.41) is 15.5. The van der Waals surface area contributed by atoms with Crippen molar-refractivity contribution >= 4 is 17.7 Å². The molecule has 2 aromatic heterocycles. The van der Waals surface area contributed by atoms with Crippen molar-refractivity contribution in [2.45, 2.75) is 45.3 Å². The fourth-order valence-corrected chi connectivity index (χ4v) is 3.90. The van der Waals surface area contributed by atoms with Crippen LogP contribution in [0.4, 0.5) is 0 Å². The summed E-state index contributed by atoms with van der Waals surface area (Å²) in [6, 6.07) is 6.55. The first kappa shape index (κ1) is 22.6. The Bertz CT molecular complexity index is 784. The first-order valence-corrected chi connectivity index (χ1v) is 12.1. The number of aliphatic imine (C=N–C) groups is 1. The third kappa shape index (κ3) is 6.98. The molecule has 0 amide bonds. The average Bonchev–Trinajstić information content (AvgIpc) is 3.09. The molecule has 30 heavy (non-hydrogen) atoms. The van der Waals surface area contributed by atoms with Gasteiger partial charge in [-0.15, -0.1) is 10.2 Å². The number of nitrogens with one attached hydrogen (secondary N) is 2. The van der Waals surface area contributed by atoms with E-state index in [4.69, 9.17) is 4.99 Å². The Hall–Kier alpha value is -2.13. The fraction of sp³-hybridized carbons (Fsp3) is 0.619. The van der Waals surface area contributed by atoms with Crippen LogP contribution in [0.25, 0.3) is 0 Å². The summed E-state index contributed by atoms with van der Waals surface area (Å²) in [6.07, 6.45) is 7.33. The molecule has 1 fully saturated rings. The van der Waals surface area contributed by atoms with E-state index < -0.39 is 0 Å². The third-order valence-corrected chi connectivity index (χ3v) is 6.12. The molecule has 9 heteroatoms. The van der Waals surface area contributed by atoms with Crippen LogP contribution < -0.4 is 10.6 Å². The van der Waals surface area contributed by atoms with Gasteiger partial charge in [-0.25, -0.2) is 4.99 Å². The first-order chi connectivity index (χ1) is 14.7. The van der Waals surface area contributed by atoms with Gasteiger partial charge < -0.3 is 15.2 Å². The maximum atomic E-state index is 4.79. The number of nitrogens with zero attached hydrogens (tertiary/aromatic N) is 6. The second-order valence-electron chi connectivity index (χ2n) is 7.68. The van der Waals surface area contributed by atoms with Crippen LogP contribution in [0.15, 0.2) is 29.4 Å². The highest BCUT2D eigenvalue weighted by Gasteiger charge is 2.20. The van der Waals surface area contributed by atoms with Gasteiger partial charge in [0.25, 0.3) is 0 Å². The van der Waals surface area contributed by atoms with Crippen LogP contribution in [0, 0.1) is 6.92 Å². The molecule has 0 unspecified atom stereocenters. The lowest BCUT2D eigenvalue weighted by molar-refractivity contribution is 0.196. The zero-order chi connectivity index (χ0) is 21.2. The number of likely N-dealkylation sites (tertiary alicyclic amines) is 1. The summed E-state index contributed by atoms with van der Waals surface area (Å²) >= 11 is 1.87. The van der Waals surface area contributed by atoms with Crippen molar-refractivity contribution in [3.8, 4) is 0 Å². The molecule has 0 spiro atoms. The topological polar surface area (TPSA) is 83.3 Å². The van der Waals surface area contributed by atoms with Gasteiger partial charge in [-0.1, -0.05) is 6.07 Å². The van der Waals surface area contributed by atoms with E-state index in [2.05, 4.69) is 49.1 Å². The van der Waals surface area contributed by atoms with E-state index >= 15 is 0 Å². The van der Waals surface area contributed by atoms with Crippen LogP contribution in [-0.4, -0.2) is 68.3 Å². The first-order valence-electron chi connectivity index (χ1n) is 10.7. The minimum absolute atomic E-state index is 0.429. The molecule has 2 N–H and O–H groups in total. The Morgan fingerprint density at radius 3 is 2.77 bits per heavy atom. The average molecular weight is 431 g/mol. The Balaban J connectivity index is 1.52. The molecular weight excluding hydrogens is 396 g/mol. The highest BCUT2D eigenvalue weighted by molar-refractivity contribution is 7.98. The molecule has 0 aliphatic carbocycles. The van der Waals surface area contributed by atoms with Gasteiger partial charge in [0, 0.05) is 45.5 Å². The second kappa shape index (κ2) is 11.9. The number of rotatable bonds is 9. The predicted octanol–water partition coefficient (Wildman–Crippen LogP) is 1.97. The van der Waals surface area contributed by atoms with E-state index in [0.29, 0.717) is 12.6 Å². The van der Waals surface area contributed by atoms with Gasteiger partial charge in [0.2, 0.25) is 0 Å². The zero-order valence-corrected chi connectivity index (χ0v) is 19.2. The molecule has 0 aromatic carbocycles. The molecule has 3 rings (SSSR count). The minimum atomic E-state index is 0.429. The molecular formula is C21H34N8S. The lowest BCUT2D eigenvalue weighted by Gasteiger charge is -2.33. The summed E-state index contributed by atoms with van der Waals surface area (Å²) in [4.78, 5) is 11.7. The molecule has 164 valence electrons. The van der Waals surface area contributed by atoms with Crippen molar-refractivity contribution < 1.29 is 0 Å². The SMILES string of the molecule is CSCCCNC(=NCc1nnc(C)n1C)NC1CCN(Cc2ccccn2)CC1. The van der Waals surface area contributed by atoms with E-state index in [9.17, 15) is 0 Å². The van der Waals surface area contributed by atoms with Crippen LogP contribution in [0.1, 0.15) is 36.6 Å². The number of aryl methyl sites for hydroxylation is 1. The summed E-state index contributed by atoms with van der Waals surface area (Å²) < 4.78 is 1.99. The lowest BCUT2D eigenvalue weighted by Crippen LogP contribution is -2.48. The van der Waals surface area contributed by atoms with Crippen LogP contribution in [-0.2, 0) is 20.1 Å². The highest BCUT2D eigenvalue weighted by atomic mass is 32.2. The number of pyridine rings is 1. The summed E-state index contributed by atoms with van der Waals surface area (Å²) in [6.45, 7) is 6.45. The van der Waals surface area contributed by atoms with Gasteiger partial charge in [0.15, 0.2) is 11.8 Å². The van der Waals surface area contributed by atoms with Gasteiger partial charge in [-0.2, -0.15) is 11.8 Å². The number of hydrogen-bond donors (Lipinski definition) is 2. The molecule has 1 aliphatic rings. The van der Waals surface area contributed by atoms with Gasteiger partial charge in [0.1, 0.15) is 12.4 Å². The number of thioether (sulfide) groups is 1. The molecule has 1 aliphatic heterocycles. The van der Waals surface area contributed by atoms with Crippen LogP contribution >= 0.6 is 11.8 Å². The van der Waals surface area contributed by atoms with Crippen LogP contribution in [0.5, 0.6) is 0 Å². The Labute approximate surface area is 184 Å². The molecule has 1 saturated heterocycles. The van der Waals surface area contributed by atoms with Gasteiger partial charge in [0.05, 0.1) is 5.69 Å². The number of aromatic nitrogens is 4. The number of piperidine rings is 1.